The van der Waals surface area contributed by atoms with Crippen molar-refractivity contribution in [3.8, 4) is 0 Å². The van der Waals surface area contributed by atoms with Gasteiger partial charge in [-0.1, -0.05) is 6.92 Å². The van der Waals surface area contributed by atoms with Crippen molar-refractivity contribution in [2.24, 2.45) is 0 Å². The molecule has 5 nitrogen and oxygen atoms in total. The van der Waals surface area contributed by atoms with Crippen LogP contribution < -0.4 is 0 Å². The quantitative estimate of drug-likeness (QED) is 0.615. The highest BCUT2D eigenvalue weighted by molar-refractivity contribution is 5.95. The standard InChI is InChI=1S/C14H19FN2O3/c1-5-10(4)16(6-2)14(18)12-8-11(17(19)20)7-9(3)13(12)15/h7-8,10H,5-6H2,1-4H3. The third-order valence-electron chi connectivity index (χ3n) is 3.40. The van der Waals surface area contributed by atoms with Crippen LogP contribution in [0.2, 0.25) is 0 Å². The Balaban J connectivity index is 3.30. The highest BCUT2D eigenvalue weighted by Crippen LogP contribution is 2.23. The highest BCUT2D eigenvalue weighted by Gasteiger charge is 2.25. The Kier molecular flexibility index (Phi) is 5.19. The van der Waals surface area contributed by atoms with Gasteiger partial charge in [-0.05, 0) is 32.8 Å². The van der Waals surface area contributed by atoms with Crippen LogP contribution in [-0.4, -0.2) is 28.3 Å². The van der Waals surface area contributed by atoms with Gasteiger partial charge in [0.15, 0.2) is 0 Å². The average Bonchev–Trinajstić information content (AvgIpc) is 2.41. The second kappa shape index (κ2) is 6.45. The highest BCUT2D eigenvalue weighted by atomic mass is 19.1. The molecule has 0 aliphatic carbocycles. The van der Waals surface area contributed by atoms with E-state index < -0.39 is 16.6 Å². The second-order valence-electron chi connectivity index (χ2n) is 4.73. The van der Waals surface area contributed by atoms with Gasteiger partial charge in [0.25, 0.3) is 11.6 Å². The molecule has 0 spiro atoms. The molecule has 0 aliphatic heterocycles. The van der Waals surface area contributed by atoms with Gasteiger partial charge in [-0.2, -0.15) is 0 Å². The molecule has 1 amide bonds. The molecule has 0 N–H and O–H groups in total. The van der Waals surface area contributed by atoms with Crippen LogP contribution in [-0.2, 0) is 0 Å². The van der Waals surface area contributed by atoms with E-state index >= 15 is 0 Å². The van der Waals surface area contributed by atoms with Gasteiger partial charge in [-0.25, -0.2) is 4.39 Å². The van der Waals surface area contributed by atoms with E-state index in [0.29, 0.717) is 6.54 Å². The summed E-state index contributed by atoms with van der Waals surface area (Å²) in [6.07, 6.45) is 0.731. The lowest BCUT2D eigenvalue weighted by Gasteiger charge is -2.27. The number of hydrogen-bond donors (Lipinski definition) is 0. The molecule has 0 aromatic heterocycles. The number of nitro benzene ring substituents is 1. The molecule has 1 unspecified atom stereocenters. The summed E-state index contributed by atoms with van der Waals surface area (Å²) in [5.41, 5.74) is -0.408. The van der Waals surface area contributed by atoms with Gasteiger partial charge in [-0.3, -0.25) is 14.9 Å². The van der Waals surface area contributed by atoms with Gasteiger partial charge in [0.05, 0.1) is 10.5 Å². The van der Waals surface area contributed by atoms with Gasteiger partial charge < -0.3 is 4.90 Å². The minimum atomic E-state index is -0.692. The smallest absolute Gasteiger partial charge is 0.270 e. The average molecular weight is 282 g/mol. The molecule has 20 heavy (non-hydrogen) atoms. The summed E-state index contributed by atoms with van der Waals surface area (Å²) < 4.78 is 14.1. The Morgan fingerprint density at radius 3 is 2.50 bits per heavy atom. The van der Waals surface area contributed by atoms with Crippen molar-refractivity contribution in [1.29, 1.82) is 0 Å². The number of halogens is 1. The molecule has 0 saturated heterocycles. The molecule has 0 heterocycles. The molecule has 0 aliphatic rings. The maximum Gasteiger partial charge on any atom is 0.270 e. The molecule has 110 valence electrons. The molecule has 1 aromatic carbocycles. The van der Waals surface area contributed by atoms with Crippen LogP contribution in [0.1, 0.15) is 43.1 Å². The van der Waals surface area contributed by atoms with E-state index in [2.05, 4.69) is 0 Å². The topological polar surface area (TPSA) is 63.5 Å². The van der Waals surface area contributed by atoms with E-state index in [1.807, 2.05) is 13.8 Å². The number of non-ortho nitro benzene ring substituents is 1. The fraction of sp³-hybridized carbons (Fsp3) is 0.500. The van der Waals surface area contributed by atoms with Crippen LogP contribution in [0, 0.1) is 22.9 Å². The monoisotopic (exact) mass is 282 g/mol. The minimum absolute atomic E-state index is 0.0496. The van der Waals surface area contributed by atoms with Gasteiger partial charge in [0.2, 0.25) is 0 Å². The van der Waals surface area contributed by atoms with Crippen LogP contribution in [0.15, 0.2) is 12.1 Å². The molecule has 0 fully saturated rings. The summed E-state index contributed by atoms with van der Waals surface area (Å²) in [7, 11) is 0. The van der Waals surface area contributed by atoms with E-state index in [9.17, 15) is 19.3 Å². The molecular formula is C14H19FN2O3. The third-order valence-corrected chi connectivity index (χ3v) is 3.40. The van der Waals surface area contributed by atoms with Gasteiger partial charge >= 0.3 is 0 Å². The molecule has 1 rings (SSSR count). The predicted octanol–water partition coefficient (Wildman–Crippen LogP) is 3.30. The lowest BCUT2D eigenvalue weighted by atomic mass is 10.1. The van der Waals surface area contributed by atoms with Gasteiger partial charge in [-0.15, -0.1) is 0 Å². The van der Waals surface area contributed by atoms with Crippen LogP contribution in [0.4, 0.5) is 10.1 Å². The van der Waals surface area contributed by atoms with Crippen molar-refractivity contribution < 1.29 is 14.1 Å². The normalized spacial score (nSPS) is 12.1. The largest absolute Gasteiger partial charge is 0.336 e. The van der Waals surface area contributed by atoms with E-state index in [1.165, 1.54) is 11.8 Å². The first-order chi connectivity index (χ1) is 9.33. The Morgan fingerprint density at radius 1 is 1.45 bits per heavy atom. The number of rotatable bonds is 5. The summed E-state index contributed by atoms with van der Waals surface area (Å²) in [6, 6.07) is 2.09. The zero-order chi connectivity index (χ0) is 15.4. The van der Waals surface area contributed by atoms with E-state index in [0.717, 1.165) is 18.6 Å². The maximum atomic E-state index is 14.1. The molecule has 6 heteroatoms. The summed E-state index contributed by atoms with van der Waals surface area (Å²) in [6.45, 7) is 7.43. The van der Waals surface area contributed by atoms with Gasteiger partial charge in [0.1, 0.15) is 5.82 Å². The Labute approximate surface area is 117 Å². The van der Waals surface area contributed by atoms with Crippen molar-refractivity contribution in [1.82, 2.24) is 4.90 Å². The minimum Gasteiger partial charge on any atom is -0.336 e. The molecule has 0 bridgehead atoms. The molecule has 0 saturated carbocycles. The number of hydrogen-bond acceptors (Lipinski definition) is 3. The second-order valence-corrected chi connectivity index (χ2v) is 4.73. The third kappa shape index (κ3) is 3.12. The zero-order valence-corrected chi connectivity index (χ0v) is 12.1. The van der Waals surface area contributed by atoms with Crippen molar-refractivity contribution in [2.75, 3.05) is 6.54 Å². The Morgan fingerprint density at radius 2 is 2.05 bits per heavy atom. The van der Waals surface area contributed by atoms with Crippen LogP contribution in [0.3, 0.4) is 0 Å². The first-order valence-corrected chi connectivity index (χ1v) is 6.58. The zero-order valence-electron chi connectivity index (χ0n) is 12.1. The van der Waals surface area contributed by atoms with E-state index in [-0.39, 0.29) is 22.9 Å². The number of nitrogens with zero attached hydrogens (tertiary/aromatic N) is 2. The SMILES string of the molecule is CCC(C)N(CC)C(=O)c1cc([N+](=O)[O-])cc(C)c1F. The van der Waals surface area contributed by atoms with Crippen LogP contribution in [0.25, 0.3) is 0 Å². The Bertz CT molecular complexity index is 531. The van der Waals surface area contributed by atoms with E-state index in [4.69, 9.17) is 0 Å². The van der Waals surface area contributed by atoms with Gasteiger partial charge in [0, 0.05) is 24.7 Å². The van der Waals surface area contributed by atoms with E-state index in [1.54, 1.807) is 6.92 Å². The lowest BCUT2D eigenvalue weighted by molar-refractivity contribution is -0.385. The lowest BCUT2D eigenvalue weighted by Crippen LogP contribution is -2.38. The molecule has 1 aromatic rings. The summed E-state index contributed by atoms with van der Waals surface area (Å²) >= 11 is 0. The number of carbonyl (C=O) groups is 1. The number of carbonyl (C=O) groups excluding carboxylic acids is 1. The first-order valence-electron chi connectivity index (χ1n) is 6.58. The maximum absolute atomic E-state index is 14.1. The fourth-order valence-corrected chi connectivity index (χ4v) is 2.04. The number of nitro groups is 1. The number of benzene rings is 1. The number of aryl methyl sites for hydroxylation is 1. The van der Waals surface area contributed by atoms with Crippen molar-refractivity contribution in [3.63, 3.8) is 0 Å². The molecule has 1 atom stereocenters. The summed E-state index contributed by atoms with van der Waals surface area (Å²) in [4.78, 5) is 24.1. The first kappa shape index (κ1) is 16.1. The molecule has 0 radical (unpaired) electrons. The van der Waals surface area contributed by atoms with Crippen molar-refractivity contribution in [3.05, 3.63) is 39.2 Å². The van der Waals surface area contributed by atoms with Crippen molar-refractivity contribution in [2.45, 2.75) is 40.2 Å². The number of amides is 1. The summed E-state index contributed by atoms with van der Waals surface area (Å²) in [5, 5.41) is 10.8. The summed E-state index contributed by atoms with van der Waals surface area (Å²) in [5.74, 6) is -1.20. The fourth-order valence-electron chi connectivity index (χ4n) is 2.04. The Hall–Kier alpha value is -1.98. The molecular weight excluding hydrogens is 263 g/mol. The predicted molar refractivity (Wildman–Crippen MR) is 74.3 cm³/mol. The van der Waals surface area contributed by atoms with Crippen LogP contribution >= 0.6 is 0 Å². The van der Waals surface area contributed by atoms with Crippen molar-refractivity contribution >= 4 is 11.6 Å². The van der Waals surface area contributed by atoms with Crippen LogP contribution in [0.5, 0.6) is 0 Å².